The standard InChI is InChI=1S/C17H15FN4O4S/c1-9-2-3-11(18)10(4-9)7-27-13-5-12(23)15(16-20-8-21-22(13)16)17(26)19-6-14(24)25/h2-5,8H,6-7H2,1H3,(H,19,26)(H,20,21)(H,24,25). The third kappa shape index (κ3) is 4.00. The van der Waals surface area contributed by atoms with E-state index < -0.39 is 23.9 Å². The van der Waals surface area contributed by atoms with E-state index in [1.165, 1.54) is 34.7 Å². The van der Waals surface area contributed by atoms with Crippen molar-refractivity contribution in [2.75, 3.05) is 6.54 Å². The molecule has 0 fully saturated rings. The van der Waals surface area contributed by atoms with E-state index in [1.54, 1.807) is 12.1 Å². The zero-order valence-electron chi connectivity index (χ0n) is 14.2. The quantitative estimate of drug-likeness (QED) is 0.550. The molecule has 0 radical (unpaired) electrons. The van der Waals surface area contributed by atoms with E-state index in [-0.39, 0.29) is 22.8 Å². The SMILES string of the molecule is Cc1ccc(F)c(CSc2cc(=O)c(C(=O)NCC(=O)O)c3nc[nH]n23)c1. The summed E-state index contributed by atoms with van der Waals surface area (Å²) >= 11 is 1.21. The fourth-order valence-electron chi connectivity index (χ4n) is 2.50. The van der Waals surface area contributed by atoms with E-state index in [9.17, 15) is 18.8 Å². The largest absolute Gasteiger partial charge is 0.480 e. The summed E-state index contributed by atoms with van der Waals surface area (Å²) in [4.78, 5) is 39.2. The van der Waals surface area contributed by atoms with Crippen molar-refractivity contribution < 1.29 is 19.1 Å². The van der Waals surface area contributed by atoms with Crippen molar-refractivity contribution in [1.29, 1.82) is 0 Å². The topological polar surface area (TPSA) is 117 Å². The molecule has 27 heavy (non-hydrogen) atoms. The fourth-order valence-corrected chi connectivity index (χ4v) is 3.48. The number of pyridine rings is 1. The summed E-state index contributed by atoms with van der Waals surface area (Å²) in [5.41, 5.74) is 0.615. The van der Waals surface area contributed by atoms with Crippen molar-refractivity contribution in [3.05, 3.63) is 63.3 Å². The lowest BCUT2D eigenvalue weighted by molar-refractivity contribution is -0.135. The van der Waals surface area contributed by atoms with Gasteiger partial charge in [-0.1, -0.05) is 17.7 Å². The van der Waals surface area contributed by atoms with Gasteiger partial charge >= 0.3 is 5.97 Å². The normalized spacial score (nSPS) is 10.9. The minimum atomic E-state index is -1.23. The highest BCUT2D eigenvalue weighted by Crippen LogP contribution is 2.24. The summed E-state index contributed by atoms with van der Waals surface area (Å²) in [5, 5.41) is 14.1. The van der Waals surface area contributed by atoms with Gasteiger partial charge in [0.1, 0.15) is 29.3 Å². The number of amides is 1. The van der Waals surface area contributed by atoms with E-state index in [0.717, 1.165) is 5.56 Å². The third-order valence-electron chi connectivity index (χ3n) is 3.73. The molecule has 0 unspecified atom stereocenters. The fraction of sp³-hybridized carbons (Fsp3) is 0.176. The molecular formula is C17H15FN4O4S. The van der Waals surface area contributed by atoms with Gasteiger partial charge in [0.05, 0.1) is 0 Å². The number of nitrogens with zero attached hydrogens (tertiary/aromatic N) is 2. The van der Waals surface area contributed by atoms with Crippen LogP contribution in [0, 0.1) is 12.7 Å². The maximum Gasteiger partial charge on any atom is 0.322 e. The van der Waals surface area contributed by atoms with Crippen LogP contribution in [0.1, 0.15) is 21.5 Å². The van der Waals surface area contributed by atoms with E-state index >= 15 is 0 Å². The Morgan fingerprint density at radius 3 is 2.89 bits per heavy atom. The molecule has 0 atom stereocenters. The smallest absolute Gasteiger partial charge is 0.322 e. The maximum absolute atomic E-state index is 13.9. The van der Waals surface area contributed by atoms with Gasteiger partial charge in [-0.05, 0) is 18.6 Å². The second-order valence-electron chi connectivity index (χ2n) is 5.73. The van der Waals surface area contributed by atoms with Crippen LogP contribution < -0.4 is 10.7 Å². The number of fused-ring (bicyclic) bond motifs is 1. The van der Waals surface area contributed by atoms with Gasteiger partial charge in [0.2, 0.25) is 0 Å². The highest BCUT2D eigenvalue weighted by molar-refractivity contribution is 7.98. The van der Waals surface area contributed by atoms with Crippen LogP contribution in [0.4, 0.5) is 4.39 Å². The minimum Gasteiger partial charge on any atom is -0.480 e. The van der Waals surface area contributed by atoms with Gasteiger partial charge in [0.15, 0.2) is 11.1 Å². The van der Waals surface area contributed by atoms with E-state index in [2.05, 4.69) is 15.4 Å². The number of carboxylic acids is 1. The van der Waals surface area contributed by atoms with Crippen LogP contribution in [-0.4, -0.2) is 38.1 Å². The molecule has 0 aliphatic carbocycles. The Balaban J connectivity index is 1.92. The van der Waals surface area contributed by atoms with Crippen LogP contribution in [0.2, 0.25) is 0 Å². The predicted molar refractivity (Wildman–Crippen MR) is 96.5 cm³/mol. The minimum absolute atomic E-state index is 0.0672. The van der Waals surface area contributed by atoms with Gasteiger partial charge in [-0.3, -0.25) is 19.5 Å². The number of aromatic amines is 1. The molecule has 3 aromatic rings. The molecule has 2 aromatic heterocycles. The molecule has 2 heterocycles. The van der Waals surface area contributed by atoms with Crippen molar-refractivity contribution in [2.24, 2.45) is 0 Å². The van der Waals surface area contributed by atoms with Crippen LogP contribution in [0.25, 0.3) is 5.65 Å². The third-order valence-corrected chi connectivity index (χ3v) is 4.79. The Bertz CT molecular complexity index is 1090. The second-order valence-corrected chi connectivity index (χ2v) is 6.72. The highest BCUT2D eigenvalue weighted by atomic mass is 32.2. The molecule has 0 bridgehead atoms. The Morgan fingerprint density at radius 1 is 1.37 bits per heavy atom. The maximum atomic E-state index is 13.9. The van der Waals surface area contributed by atoms with Gasteiger partial charge in [-0.2, -0.15) is 0 Å². The van der Waals surface area contributed by atoms with Crippen molar-refractivity contribution in [1.82, 2.24) is 19.9 Å². The number of aliphatic carboxylic acids is 1. The first-order valence-electron chi connectivity index (χ1n) is 7.84. The number of benzene rings is 1. The molecule has 3 rings (SSSR count). The summed E-state index contributed by atoms with van der Waals surface area (Å²) in [6, 6.07) is 6.02. The zero-order chi connectivity index (χ0) is 19.6. The average Bonchev–Trinajstić information content (AvgIpc) is 3.09. The number of hydrogen-bond donors (Lipinski definition) is 3. The Labute approximate surface area is 156 Å². The Hall–Kier alpha value is -3.14. The number of halogens is 1. The van der Waals surface area contributed by atoms with Gasteiger partial charge < -0.3 is 10.4 Å². The number of carboxylic acid groups (broad SMARTS) is 1. The number of thioether (sulfide) groups is 1. The van der Waals surface area contributed by atoms with Crippen LogP contribution in [-0.2, 0) is 10.5 Å². The van der Waals surface area contributed by atoms with Gasteiger partial charge in [0, 0.05) is 11.8 Å². The van der Waals surface area contributed by atoms with Gasteiger partial charge in [-0.15, -0.1) is 11.8 Å². The molecule has 10 heteroatoms. The number of hydrogen-bond acceptors (Lipinski definition) is 5. The zero-order valence-corrected chi connectivity index (χ0v) is 15.0. The van der Waals surface area contributed by atoms with Gasteiger partial charge in [0.25, 0.3) is 5.91 Å². The lowest BCUT2D eigenvalue weighted by Crippen LogP contribution is -2.33. The van der Waals surface area contributed by atoms with Crippen LogP contribution in [0.15, 0.2) is 40.4 Å². The second kappa shape index (κ2) is 7.62. The molecule has 0 saturated heterocycles. The number of aromatic nitrogens is 3. The molecule has 0 saturated carbocycles. The van der Waals surface area contributed by atoms with E-state index in [4.69, 9.17) is 5.11 Å². The predicted octanol–water partition coefficient (Wildman–Crippen LogP) is 1.58. The number of carbonyl (C=O) groups is 2. The van der Waals surface area contributed by atoms with Crippen molar-refractivity contribution in [2.45, 2.75) is 17.7 Å². The van der Waals surface area contributed by atoms with Crippen LogP contribution in [0.3, 0.4) is 0 Å². The number of rotatable bonds is 6. The monoisotopic (exact) mass is 390 g/mol. The average molecular weight is 390 g/mol. The number of nitrogens with one attached hydrogen (secondary N) is 2. The van der Waals surface area contributed by atoms with Crippen molar-refractivity contribution >= 4 is 29.3 Å². The lowest BCUT2D eigenvalue weighted by atomic mass is 10.1. The summed E-state index contributed by atoms with van der Waals surface area (Å²) in [5.74, 6) is -2.12. The molecule has 1 aromatic carbocycles. The van der Waals surface area contributed by atoms with E-state index in [1.807, 2.05) is 6.92 Å². The molecule has 140 valence electrons. The summed E-state index contributed by atoms with van der Waals surface area (Å²) in [6.45, 7) is 1.24. The first-order valence-corrected chi connectivity index (χ1v) is 8.82. The van der Waals surface area contributed by atoms with Crippen LogP contribution in [0.5, 0.6) is 0 Å². The molecular weight excluding hydrogens is 375 g/mol. The first kappa shape index (κ1) is 18.6. The Morgan fingerprint density at radius 2 is 2.15 bits per heavy atom. The van der Waals surface area contributed by atoms with Crippen molar-refractivity contribution in [3.8, 4) is 0 Å². The number of aryl methyl sites for hydroxylation is 1. The summed E-state index contributed by atoms with van der Waals surface area (Å²) < 4.78 is 15.3. The number of H-pyrrole nitrogens is 1. The van der Waals surface area contributed by atoms with E-state index in [0.29, 0.717) is 10.6 Å². The lowest BCUT2D eigenvalue weighted by Gasteiger charge is -2.09. The highest BCUT2D eigenvalue weighted by Gasteiger charge is 2.20. The summed E-state index contributed by atoms with van der Waals surface area (Å²) in [7, 11) is 0. The molecule has 0 spiro atoms. The Kier molecular flexibility index (Phi) is 5.26. The number of carbonyl (C=O) groups excluding carboxylic acids is 1. The molecule has 1 amide bonds. The first-order chi connectivity index (χ1) is 12.9. The molecule has 0 aliphatic rings. The van der Waals surface area contributed by atoms with Gasteiger partial charge in [-0.25, -0.2) is 13.9 Å². The molecule has 3 N–H and O–H groups in total. The van der Waals surface area contributed by atoms with Crippen molar-refractivity contribution in [3.63, 3.8) is 0 Å². The molecule has 0 aliphatic heterocycles. The molecule has 8 nitrogen and oxygen atoms in total. The summed E-state index contributed by atoms with van der Waals surface area (Å²) in [6.07, 6.45) is 1.31. The van der Waals surface area contributed by atoms with Crippen LogP contribution >= 0.6 is 11.8 Å².